The molecule has 2 aromatic rings. The molecule has 1 aliphatic heterocycles. The molecule has 0 aromatic heterocycles. The van der Waals surface area contributed by atoms with Crippen LogP contribution in [-0.2, 0) is 11.2 Å². The number of nitrogens with one attached hydrogen (secondary N) is 1. The number of anilines is 1. The SMILES string of the molecule is O=C(NC1CC(CO)(CO)C1)C(c1ccccc1)N1CCc2ccccc21. The van der Waals surface area contributed by atoms with Crippen LogP contribution in [0.5, 0.6) is 0 Å². The van der Waals surface area contributed by atoms with Gasteiger partial charge >= 0.3 is 0 Å². The number of fused-ring (bicyclic) bond motifs is 1. The van der Waals surface area contributed by atoms with Crippen LogP contribution in [0, 0.1) is 5.41 Å². The fourth-order valence-corrected chi connectivity index (χ4v) is 4.42. The number of hydrogen-bond donors (Lipinski definition) is 3. The van der Waals surface area contributed by atoms with Crippen LogP contribution in [0.2, 0.25) is 0 Å². The normalized spacial score (nSPS) is 19.3. The third-order valence-electron chi connectivity index (χ3n) is 5.97. The number of aliphatic hydroxyl groups is 2. The second-order valence-electron chi connectivity index (χ2n) is 7.82. The molecule has 1 atom stereocenters. The third-order valence-corrected chi connectivity index (χ3v) is 5.97. The molecule has 2 aromatic carbocycles. The molecule has 1 heterocycles. The summed E-state index contributed by atoms with van der Waals surface area (Å²) in [6.45, 7) is 0.725. The number of hydrogen-bond acceptors (Lipinski definition) is 4. The van der Waals surface area contributed by atoms with Crippen molar-refractivity contribution in [1.29, 1.82) is 0 Å². The van der Waals surface area contributed by atoms with Crippen LogP contribution >= 0.6 is 0 Å². The van der Waals surface area contributed by atoms with Gasteiger partial charge < -0.3 is 20.4 Å². The molecule has 0 spiro atoms. The smallest absolute Gasteiger partial charge is 0.247 e. The molecule has 2 aliphatic rings. The van der Waals surface area contributed by atoms with E-state index in [-0.39, 0.29) is 31.2 Å². The lowest BCUT2D eigenvalue weighted by Crippen LogP contribution is -2.56. The highest BCUT2D eigenvalue weighted by molar-refractivity contribution is 5.88. The Hall–Kier alpha value is -2.37. The van der Waals surface area contributed by atoms with Gasteiger partial charge in [0.15, 0.2) is 0 Å². The van der Waals surface area contributed by atoms with Crippen LogP contribution in [0.25, 0.3) is 0 Å². The molecule has 0 saturated heterocycles. The first-order chi connectivity index (χ1) is 13.2. The second-order valence-corrected chi connectivity index (χ2v) is 7.82. The Kier molecular flexibility index (Phi) is 4.89. The van der Waals surface area contributed by atoms with Crippen molar-refractivity contribution >= 4 is 11.6 Å². The molecule has 142 valence electrons. The van der Waals surface area contributed by atoms with E-state index in [0.717, 1.165) is 24.2 Å². The zero-order valence-corrected chi connectivity index (χ0v) is 15.3. The van der Waals surface area contributed by atoms with Gasteiger partial charge in [0.05, 0.1) is 13.2 Å². The summed E-state index contributed by atoms with van der Waals surface area (Å²) in [5.41, 5.74) is 2.92. The largest absolute Gasteiger partial charge is 0.396 e. The molecule has 5 heteroatoms. The van der Waals surface area contributed by atoms with E-state index in [1.165, 1.54) is 5.56 Å². The van der Waals surface area contributed by atoms with Crippen LogP contribution in [0.15, 0.2) is 54.6 Å². The van der Waals surface area contributed by atoms with Gasteiger partial charge in [-0.1, -0.05) is 48.5 Å². The van der Waals surface area contributed by atoms with Crippen LogP contribution < -0.4 is 10.2 Å². The quantitative estimate of drug-likeness (QED) is 0.732. The van der Waals surface area contributed by atoms with Crippen molar-refractivity contribution in [3.05, 3.63) is 65.7 Å². The fourth-order valence-electron chi connectivity index (χ4n) is 4.42. The Bertz CT molecular complexity index is 796. The first-order valence-corrected chi connectivity index (χ1v) is 9.57. The maximum Gasteiger partial charge on any atom is 0.247 e. The van der Waals surface area contributed by atoms with Crippen LogP contribution in [0.3, 0.4) is 0 Å². The van der Waals surface area contributed by atoms with E-state index in [0.29, 0.717) is 12.8 Å². The lowest BCUT2D eigenvalue weighted by molar-refractivity contribution is -0.126. The molecule has 0 radical (unpaired) electrons. The summed E-state index contributed by atoms with van der Waals surface area (Å²) in [6, 6.07) is 17.8. The zero-order valence-electron chi connectivity index (χ0n) is 15.3. The van der Waals surface area contributed by atoms with Gasteiger partial charge in [-0.05, 0) is 36.5 Å². The van der Waals surface area contributed by atoms with Crippen LogP contribution in [-0.4, -0.2) is 41.9 Å². The number of nitrogens with zero attached hydrogens (tertiary/aromatic N) is 1. The number of amides is 1. The first-order valence-electron chi connectivity index (χ1n) is 9.57. The fraction of sp³-hybridized carbons (Fsp3) is 0.409. The molecule has 1 unspecified atom stereocenters. The van der Waals surface area contributed by atoms with Gasteiger partial charge in [-0.25, -0.2) is 0 Å². The number of aliphatic hydroxyl groups excluding tert-OH is 2. The van der Waals surface area contributed by atoms with Gasteiger partial charge in [0, 0.05) is 23.7 Å². The monoisotopic (exact) mass is 366 g/mol. The van der Waals surface area contributed by atoms with Gasteiger partial charge in [0.1, 0.15) is 6.04 Å². The van der Waals surface area contributed by atoms with E-state index in [9.17, 15) is 15.0 Å². The Labute approximate surface area is 159 Å². The van der Waals surface area contributed by atoms with Gasteiger partial charge in [-0.2, -0.15) is 0 Å². The van der Waals surface area contributed by atoms with Crippen molar-refractivity contribution in [3.8, 4) is 0 Å². The number of benzene rings is 2. The Morgan fingerprint density at radius 3 is 2.44 bits per heavy atom. The van der Waals surface area contributed by atoms with E-state index >= 15 is 0 Å². The van der Waals surface area contributed by atoms with Crippen molar-refractivity contribution in [2.24, 2.45) is 5.41 Å². The Morgan fingerprint density at radius 2 is 1.74 bits per heavy atom. The molecule has 4 rings (SSSR count). The summed E-state index contributed by atoms with van der Waals surface area (Å²) in [5, 5.41) is 22.1. The molecule has 5 nitrogen and oxygen atoms in total. The van der Waals surface area contributed by atoms with E-state index in [2.05, 4.69) is 22.3 Å². The van der Waals surface area contributed by atoms with E-state index in [1.54, 1.807) is 0 Å². The summed E-state index contributed by atoms with van der Waals surface area (Å²) in [7, 11) is 0. The van der Waals surface area contributed by atoms with Gasteiger partial charge in [-0.15, -0.1) is 0 Å². The van der Waals surface area contributed by atoms with E-state index < -0.39 is 5.41 Å². The minimum atomic E-state index is -0.444. The highest BCUT2D eigenvalue weighted by atomic mass is 16.3. The topological polar surface area (TPSA) is 72.8 Å². The number of rotatable bonds is 6. The summed E-state index contributed by atoms with van der Waals surface area (Å²) in [6.07, 6.45) is 2.17. The maximum absolute atomic E-state index is 13.3. The maximum atomic E-state index is 13.3. The molecule has 1 amide bonds. The lowest BCUT2D eigenvalue weighted by Gasteiger charge is -2.46. The molecule has 1 fully saturated rings. The van der Waals surface area contributed by atoms with Crippen molar-refractivity contribution in [1.82, 2.24) is 5.32 Å². The van der Waals surface area contributed by atoms with Crippen molar-refractivity contribution < 1.29 is 15.0 Å². The van der Waals surface area contributed by atoms with Gasteiger partial charge in [-0.3, -0.25) is 4.79 Å². The highest BCUT2D eigenvalue weighted by Gasteiger charge is 2.45. The lowest BCUT2D eigenvalue weighted by atomic mass is 9.66. The average molecular weight is 366 g/mol. The Morgan fingerprint density at radius 1 is 1.07 bits per heavy atom. The molecular formula is C22H26N2O3. The average Bonchev–Trinajstić information content (AvgIpc) is 3.09. The minimum Gasteiger partial charge on any atom is -0.396 e. The number of carbonyl (C=O) groups is 1. The second kappa shape index (κ2) is 7.33. The first kappa shape index (κ1) is 18.0. The number of carbonyl (C=O) groups excluding carboxylic acids is 1. The van der Waals surface area contributed by atoms with Crippen molar-refractivity contribution in [2.75, 3.05) is 24.7 Å². The number of para-hydroxylation sites is 1. The zero-order chi connectivity index (χ0) is 18.9. The molecule has 1 aliphatic carbocycles. The van der Waals surface area contributed by atoms with Crippen LogP contribution in [0.1, 0.15) is 30.0 Å². The summed E-state index contributed by atoms with van der Waals surface area (Å²) >= 11 is 0. The molecule has 1 saturated carbocycles. The molecular weight excluding hydrogens is 340 g/mol. The predicted molar refractivity (Wildman–Crippen MR) is 104 cm³/mol. The van der Waals surface area contributed by atoms with Gasteiger partial charge in [0.25, 0.3) is 0 Å². The minimum absolute atomic E-state index is 0.000795. The summed E-state index contributed by atoms with van der Waals surface area (Å²) in [4.78, 5) is 15.4. The Balaban J connectivity index is 1.56. The van der Waals surface area contributed by atoms with Gasteiger partial charge in [0.2, 0.25) is 5.91 Å². The van der Waals surface area contributed by atoms with E-state index in [1.807, 2.05) is 42.5 Å². The predicted octanol–water partition coefficient (Wildman–Crippen LogP) is 2.04. The van der Waals surface area contributed by atoms with Crippen LogP contribution in [0.4, 0.5) is 5.69 Å². The van der Waals surface area contributed by atoms with E-state index in [4.69, 9.17) is 0 Å². The highest BCUT2D eigenvalue weighted by Crippen LogP contribution is 2.41. The van der Waals surface area contributed by atoms with Crippen molar-refractivity contribution in [2.45, 2.75) is 31.3 Å². The standard InChI is InChI=1S/C22H26N2O3/c25-14-22(15-26)12-18(13-22)23-21(27)20(17-7-2-1-3-8-17)24-11-10-16-6-4-5-9-19(16)24/h1-9,18,20,25-26H,10-15H2,(H,23,27). The molecule has 3 N–H and O–H groups in total. The molecule has 27 heavy (non-hydrogen) atoms. The summed E-state index contributed by atoms with van der Waals surface area (Å²) < 4.78 is 0. The molecule has 0 bridgehead atoms. The van der Waals surface area contributed by atoms with Crippen molar-refractivity contribution in [3.63, 3.8) is 0 Å². The third kappa shape index (κ3) is 3.33. The summed E-state index contributed by atoms with van der Waals surface area (Å²) in [5.74, 6) is -0.0209.